The van der Waals surface area contributed by atoms with Gasteiger partial charge in [-0.3, -0.25) is 9.59 Å². The van der Waals surface area contributed by atoms with Gasteiger partial charge < -0.3 is 20.6 Å². The second-order valence-electron chi connectivity index (χ2n) is 13.5. The highest BCUT2D eigenvalue weighted by molar-refractivity contribution is 7.89. The molecule has 1 aliphatic carbocycles. The van der Waals surface area contributed by atoms with Gasteiger partial charge in [0.15, 0.2) is 0 Å². The molecule has 1 saturated carbocycles. The van der Waals surface area contributed by atoms with Gasteiger partial charge in [0.25, 0.3) is 5.91 Å². The molecule has 2 amide bonds. The largest absolute Gasteiger partial charge is 0.490 e. The van der Waals surface area contributed by atoms with Crippen molar-refractivity contribution in [3.8, 4) is 0 Å². The van der Waals surface area contributed by atoms with Crippen LogP contribution in [-0.4, -0.2) is 96.2 Å². The molecule has 0 bridgehead atoms. The number of carboxylic acids is 1. The van der Waals surface area contributed by atoms with Crippen LogP contribution in [0.2, 0.25) is 0 Å². The molecule has 2 aliphatic rings. The van der Waals surface area contributed by atoms with Crippen molar-refractivity contribution in [2.45, 2.75) is 88.7 Å². The van der Waals surface area contributed by atoms with Crippen molar-refractivity contribution >= 4 is 49.2 Å². The molecule has 51 heavy (non-hydrogen) atoms. The van der Waals surface area contributed by atoms with Gasteiger partial charge in [-0.15, -0.1) is 11.3 Å². The first-order valence-corrected chi connectivity index (χ1v) is 19.5. The molecule has 2 fully saturated rings. The maximum Gasteiger partial charge on any atom is 0.490 e. The zero-order valence-corrected chi connectivity index (χ0v) is 30.8. The van der Waals surface area contributed by atoms with E-state index in [0.29, 0.717) is 50.3 Å². The lowest BCUT2D eigenvalue weighted by molar-refractivity contribution is -0.192. The van der Waals surface area contributed by atoms with Gasteiger partial charge in [0.2, 0.25) is 15.9 Å². The second kappa shape index (κ2) is 17.3. The number of hydrogen-bond donors (Lipinski definition) is 3. The Hall–Kier alpha value is -3.53. The fourth-order valence-corrected chi connectivity index (χ4v) is 8.76. The van der Waals surface area contributed by atoms with Gasteiger partial charge in [0, 0.05) is 36.9 Å². The molecule has 3 aromatic rings. The average molecular weight is 753 g/mol. The van der Waals surface area contributed by atoms with Crippen molar-refractivity contribution in [1.29, 1.82) is 0 Å². The van der Waals surface area contributed by atoms with E-state index in [9.17, 15) is 31.2 Å². The molecule has 10 nitrogen and oxygen atoms in total. The minimum absolute atomic E-state index is 0.0748. The van der Waals surface area contributed by atoms with E-state index in [1.807, 2.05) is 43.3 Å². The molecule has 280 valence electrons. The number of nitrogens with one attached hydrogen (secondary N) is 2. The molecule has 1 aliphatic heterocycles. The van der Waals surface area contributed by atoms with Crippen molar-refractivity contribution < 1.29 is 41.1 Å². The fraction of sp³-hybridized carbons (Fsp3) is 0.528. The second-order valence-corrected chi connectivity index (χ2v) is 17.1. The van der Waals surface area contributed by atoms with Crippen LogP contribution >= 0.6 is 11.3 Å². The van der Waals surface area contributed by atoms with Crippen LogP contribution in [0.1, 0.15) is 73.2 Å². The summed E-state index contributed by atoms with van der Waals surface area (Å²) in [4.78, 5) is 39.3. The number of hydrogen-bond acceptors (Lipinski definition) is 7. The lowest BCUT2D eigenvalue weighted by Gasteiger charge is -2.35. The topological polar surface area (TPSA) is 136 Å². The van der Waals surface area contributed by atoms with Gasteiger partial charge in [-0.1, -0.05) is 55.3 Å². The standard InChI is InChI=1S/C34H46N4O4S2.C2HF3O2/c1-25(2)44(41,42)38-20-18-37(19-21-38)17-9-12-29(23-27-10-5-4-6-11-27)35-33(40)34(15-7-8-16-34)36-32(39)31-24-28-14-13-26(3)22-30(28)43-31;3-2(4,5)1(6)7/h4-6,10-11,13-14,22,24-25,29H,7-9,12,15-21,23H2,1-3H3,(H,35,40)(H,36,39);(H,6,7)/t29-;/m0./s1. The first-order chi connectivity index (χ1) is 24.0. The number of carbonyl (C=O) groups is 3. The summed E-state index contributed by atoms with van der Waals surface area (Å²) in [7, 11) is -3.22. The number of fused-ring (bicyclic) bond motifs is 1. The lowest BCUT2D eigenvalue weighted by atomic mass is 9.94. The molecule has 3 N–H and O–H groups in total. The van der Waals surface area contributed by atoms with Crippen LogP contribution in [0.25, 0.3) is 10.1 Å². The molecule has 1 saturated heterocycles. The van der Waals surface area contributed by atoms with Crippen molar-refractivity contribution in [2.75, 3.05) is 32.7 Å². The number of aryl methyl sites for hydroxylation is 1. The highest BCUT2D eigenvalue weighted by atomic mass is 32.2. The van der Waals surface area contributed by atoms with E-state index in [4.69, 9.17) is 9.90 Å². The number of nitrogens with zero attached hydrogens (tertiary/aromatic N) is 2. The van der Waals surface area contributed by atoms with Crippen molar-refractivity contribution in [3.05, 3.63) is 70.6 Å². The number of thiophene rings is 1. The lowest BCUT2D eigenvalue weighted by Crippen LogP contribution is -2.59. The van der Waals surface area contributed by atoms with Crippen LogP contribution < -0.4 is 10.6 Å². The molecular formula is C36H47F3N4O6S2. The molecule has 5 rings (SSSR count). The molecular weight excluding hydrogens is 706 g/mol. The van der Waals surface area contributed by atoms with Gasteiger partial charge in [-0.2, -0.15) is 17.5 Å². The van der Waals surface area contributed by atoms with Gasteiger partial charge in [-0.05, 0) is 88.1 Å². The van der Waals surface area contributed by atoms with E-state index in [2.05, 4.69) is 33.7 Å². The number of rotatable bonds is 12. The average Bonchev–Trinajstić information content (AvgIpc) is 3.73. The minimum atomic E-state index is -5.08. The Bertz CT molecular complexity index is 1750. The third-order valence-corrected chi connectivity index (χ3v) is 12.7. The van der Waals surface area contributed by atoms with Gasteiger partial charge in [-0.25, -0.2) is 13.2 Å². The summed E-state index contributed by atoms with van der Waals surface area (Å²) in [6.07, 6.45) is 0.390. The first kappa shape index (κ1) is 40.2. The number of sulfonamides is 1. The summed E-state index contributed by atoms with van der Waals surface area (Å²) in [6, 6.07) is 18.2. The van der Waals surface area contributed by atoms with Gasteiger partial charge >= 0.3 is 12.1 Å². The number of alkyl halides is 3. The smallest absolute Gasteiger partial charge is 0.475 e. The van der Waals surface area contributed by atoms with E-state index in [0.717, 1.165) is 53.4 Å². The van der Waals surface area contributed by atoms with E-state index in [-0.39, 0.29) is 17.9 Å². The summed E-state index contributed by atoms with van der Waals surface area (Å²) < 4.78 is 59.5. The monoisotopic (exact) mass is 752 g/mol. The van der Waals surface area contributed by atoms with Crippen LogP contribution in [0, 0.1) is 6.92 Å². The summed E-state index contributed by atoms with van der Waals surface area (Å²) in [5.74, 6) is -3.03. The fourth-order valence-electron chi connectivity index (χ4n) is 6.43. The third-order valence-electron chi connectivity index (χ3n) is 9.36. The van der Waals surface area contributed by atoms with Crippen LogP contribution in [-0.2, 0) is 26.0 Å². The number of piperazine rings is 1. The molecule has 15 heteroatoms. The Kier molecular flexibility index (Phi) is 13.7. The van der Waals surface area contributed by atoms with Crippen LogP contribution in [0.3, 0.4) is 0 Å². The molecule has 0 unspecified atom stereocenters. The number of aliphatic carboxylic acids is 1. The predicted octanol–water partition coefficient (Wildman–Crippen LogP) is 5.75. The maximum absolute atomic E-state index is 14.0. The molecule has 0 radical (unpaired) electrons. The van der Waals surface area contributed by atoms with Gasteiger partial charge in [0.1, 0.15) is 5.54 Å². The first-order valence-electron chi connectivity index (χ1n) is 17.2. The predicted molar refractivity (Wildman–Crippen MR) is 192 cm³/mol. The van der Waals surface area contributed by atoms with Crippen molar-refractivity contribution in [2.24, 2.45) is 0 Å². The molecule has 1 atom stereocenters. The van der Waals surface area contributed by atoms with Crippen LogP contribution in [0.5, 0.6) is 0 Å². The number of carbonyl (C=O) groups excluding carboxylic acids is 2. The number of benzene rings is 2. The zero-order chi connectivity index (χ0) is 37.4. The van der Waals surface area contributed by atoms with Crippen LogP contribution in [0.4, 0.5) is 13.2 Å². The highest BCUT2D eigenvalue weighted by Crippen LogP contribution is 2.33. The Morgan fingerprint density at radius 1 is 0.980 bits per heavy atom. The summed E-state index contributed by atoms with van der Waals surface area (Å²) in [6.45, 7) is 8.83. The SMILES string of the molecule is Cc1ccc2cc(C(=O)NC3(C(=O)N[C@@H](CCCN4CCN(S(=O)(=O)C(C)C)CC4)Cc4ccccc4)CCCC3)sc2c1.O=C(O)C(F)(F)F. The van der Waals surface area contributed by atoms with Crippen molar-refractivity contribution in [1.82, 2.24) is 19.8 Å². The third kappa shape index (κ3) is 11.0. The molecule has 0 spiro atoms. The minimum Gasteiger partial charge on any atom is -0.475 e. The molecule has 2 aromatic carbocycles. The van der Waals surface area contributed by atoms with Crippen molar-refractivity contribution in [3.63, 3.8) is 0 Å². The molecule has 2 heterocycles. The Labute approximate surface area is 301 Å². The number of carboxylic acid groups (broad SMARTS) is 1. The van der Waals surface area contributed by atoms with Crippen LogP contribution in [0.15, 0.2) is 54.6 Å². The number of halogens is 3. The summed E-state index contributed by atoms with van der Waals surface area (Å²) >= 11 is 1.47. The Morgan fingerprint density at radius 2 is 1.61 bits per heavy atom. The zero-order valence-electron chi connectivity index (χ0n) is 29.2. The van der Waals surface area contributed by atoms with E-state index in [1.165, 1.54) is 11.3 Å². The number of amides is 2. The summed E-state index contributed by atoms with van der Waals surface area (Å²) in [5, 5.41) is 14.3. The van der Waals surface area contributed by atoms with E-state index < -0.39 is 33.0 Å². The van der Waals surface area contributed by atoms with Gasteiger partial charge in [0.05, 0.1) is 10.1 Å². The normalized spacial score (nSPS) is 17.5. The summed E-state index contributed by atoms with van der Waals surface area (Å²) in [5.41, 5.74) is 1.41. The maximum atomic E-state index is 14.0. The Balaban J connectivity index is 0.000000755. The highest BCUT2D eigenvalue weighted by Gasteiger charge is 2.43. The molecule has 1 aromatic heterocycles. The van der Waals surface area contributed by atoms with E-state index in [1.54, 1.807) is 18.2 Å². The Morgan fingerprint density at radius 3 is 2.20 bits per heavy atom. The van der Waals surface area contributed by atoms with E-state index >= 15 is 0 Å². The quantitative estimate of drug-likeness (QED) is 0.215.